The van der Waals surface area contributed by atoms with Gasteiger partial charge < -0.3 is 0 Å². The van der Waals surface area contributed by atoms with E-state index in [4.69, 9.17) is 0 Å². The van der Waals surface area contributed by atoms with E-state index in [1.165, 1.54) is 44.9 Å². The van der Waals surface area contributed by atoms with Gasteiger partial charge in [-0.3, -0.25) is 0 Å². The molecule has 0 aromatic heterocycles. The Morgan fingerprint density at radius 1 is 1.13 bits per heavy atom. The first kappa shape index (κ1) is 12.0. The van der Waals surface area contributed by atoms with Crippen LogP contribution in [0.5, 0.6) is 0 Å². The second-order valence-electron chi connectivity index (χ2n) is 6.79. The molecule has 2 saturated carbocycles. The molecule has 0 aliphatic heterocycles. The molecule has 2 rings (SSSR count). The summed E-state index contributed by atoms with van der Waals surface area (Å²) in [6.07, 6.45) is 10.3. The number of halogens is 1. The van der Waals surface area contributed by atoms with Crippen molar-refractivity contribution in [3.8, 4) is 0 Å². The molecule has 0 bridgehead atoms. The summed E-state index contributed by atoms with van der Waals surface area (Å²) in [6, 6.07) is 0. The molecule has 0 aromatic rings. The number of rotatable bonds is 3. The fourth-order valence-electron chi connectivity index (χ4n) is 3.16. The maximum absolute atomic E-state index is 3.81. The van der Waals surface area contributed by atoms with Gasteiger partial charge in [0.1, 0.15) is 0 Å². The van der Waals surface area contributed by atoms with Crippen LogP contribution in [0.25, 0.3) is 0 Å². The van der Waals surface area contributed by atoms with Crippen LogP contribution in [0, 0.1) is 16.7 Å². The second-order valence-corrected chi connectivity index (χ2v) is 8.16. The molecule has 1 atom stereocenters. The van der Waals surface area contributed by atoms with Crippen molar-refractivity contribution in [3.05, 3.63) is 0 Å². The van der Waals surface area contributed by atoms with Gasteiger partial charge in [0.25, 0.3) is 0 Å². The lowest BCUT2D eigenvalue weighted by Gasteiger charge is -2.36. The fourth-order valence-corrected chi connectivity index (χ4v) is 3.81. The van der Waals surface area contributed by atoms with E-state index >= 15 is 0 Å². The Hall–Kier alpha value is 0.480. The molecule has 0 N–H and O–H groups in total. The Bertz CT molecular complexity index is 215. The summed E-state index contributed by atoms with van der Waals surface area (Å²) in [5.41, 5.74) is 1.33. The molecular formula is C14H25Br. The van der Waals surface area contributed by atoms with E-state index in [1.807, 2.05) is 0 Å². The van der Waals surface area contributed by atoms with E-state index in [0.29, 0.717) is 10.8 Å². The highest BCUT2D eigenvalue weighted by Crippen LogP contribution is 2.57. The van der Waals surface area contributed by atoms with E-state index in [2.05, 4.69) is 36.7 Å². The summed E-state index contributed by atoms with van der Waals surface area (Å²) >= 11 is 3.81. The predicted molar refractivity (Wildman–Crippen MR) is 70.4 cm³/mol. The molecule has 0 heterocycles. The quantitative estimate of drug-likeness (QED) is 0.623. The summed E-state index contributed by atoms with van der Waals surface area (Å²) in [7, 11) is 0. The highest BCUT2D eigenvalue weighted by Gasteiger charge is 2.47. The van der Waals surface area contributed by atoms with Crippen molar-refractivity contribution in [2.75, 3.05) is 0 Å². The van der Waals surface area contributed by atoms with Crippen molar-refractivity contribution >= 4 is 15.9 Å². The van der Waals surface area contributed by atoms with Crippen LogP contribution in [0.1, 0.15) is 65.7 Å². The molecule has 0 radical (unpaired) electrons. The van der Waals surface area contributed by atoms with Crippen molar-refractivity contribution in [3.63, 3.8) is 0 Å². The van der Waals surface area contributed by atoms with Gasteiger partial charge in [-0.1, -0.05) is 36.7 Å². The van der Waals surface area contributed by atoms with Gasteiger partial charge in [0.15, 0.2) is 0 Å². The van der Waals surface area contributed by atoms with Crippen LogP contribution in [0.4, 0.5) is 0 Å². The first-order valence-electron chi connectivity index (χ1n) is 6.58. The van der Waals surface area contributed by atoms with Crippen molar-refractivity contribution in [2.45, 2.75) is 70.5 Å². The van der Waals surface area contributed by atoms with Gasteiger partial charge in [-0.25, -0.2) is 0 Å². The lowest BCUT2D eigenvalue weighted by atomic mass is 9.70. The smallest absolute Gasteiger partial charge is 0.0174 e. The third kappa shape index (κ3) is 2.78. The molecule has 1 unspecified atom stereocenters. The monoisotopic (exact) mass is 272 g/mol. The lowest BCUT2D eigenvalue weighted by Crippen LogP contribution is -2.25. The summed E-state index contributed by atoms with van der Waals surface area (Å²) < 4.78 is 0. The molecule has 0 amide bonds. The van der Waals surface area contributed by atoms with E-state index in [-0.39, 0.29) is 0 Å². The second kappa shape index (κ2) is 4.05. The molecule has 0 spiro atoms. The van der Waals surface area contributed by atoms with Gasteiger partial charge in [0.2, 0.25) is 0 Å². The van der Waals surface area contributed by atoms with Crippen molar-refractivity contribution in [1.29, 1.82) is 0 Å². The largest absolute Gasteiger partial charge is 0.0888 e. The zero-order valence-electron chi connectivity index (χ0n) is 10.5. The predicted octanol–water partition coefficient (Wildman–Crippen LogP) is 5.16. The molecule has 88 valence electrons. The van der Waals surface area contributed by atoms with Crippen LogP contribution in [0.3, 0.4) is 0 Å². The van der Waals surface area contributed by atoms with Crippen LogP contribution in [-0.4, -0.2) is 4.83 Å². The molecular weight excluding hydrogens is 248 g/mol. The minimum Gasteiger partial charge on any atom is -0.0888 e. The molecule has 1 heteroatoms. The summed E-state index contributed by atoms with van der Waals surface area (Å²) in [4.78, 5) is 0.736. The number of hydrogen-bond acceptors (Lipinski definition) is 0. The number of alkyl halides is 1. The lowest BCUT2D eigenvalue weighted by molar-refractivity contribution is 0.166. The first-order chi connectivity index (χ1) is 6.94. The Morgan fingerprint density at radius 2 is 1.67 bits per heavy atom. The van der Waals surface area contributed by atoms with Gasteiger partial charge in [-0.2, -0.15) is 0 Å². The zero-order chi connectivity index (χ0) is 11.1. The molecule has 0 saturated heterocycles. The Labute approximate surface area is 103 Å². The summed E-state index contributed by atoms with van der Waals surface area (Å²) in [5.74, 6) is 1.03. The van der Waals surface area contributed by atoms with Crippen LogP contribution in [0.2, 0.25) is 0 Å². The summed E-state index contributed by atoms with van der Waals surface area (Å²) in [6.45, 7) is 7.21. The van der Waals surface area contributed by atoms with Crippen molar-refractivity contribution in [2.24, 2.45) is 16.7 Å². The average Bonchev–Trinajstić information content (AvgIpc) is 2.90. The molecule has 0 nitrogen and oxygen atoms in total. The van der Waals surface area contributed by atoms with Crippen LogP contribution in [-0.2, 0) is 0 Å². The van der Waals surface area contributed by atoms with Gasteiger partial charge in [0, 0.05) is 4.83 Å². The van der Waals surface area contributed by atoms with Crippen molar-refractivity contribution in [1.82, 2.24) is 0 Å². The van der Waals surface area contributed by atoms with Crippen molar-refractivity contribution < 1.29 is 0 Å². The highest BCUT2D eigenvalue weighted by atomic mass is 79.9. The molecule has 15 heavy (non-hydrogen) atoms. The standard InChI is InChI=1S/C14H25Br/c1-11(15)14(8-9-14)10-12-4-6-13(2,3)7-5-12/h11-12H,4-10H2,1-3H3. The normalized spacial score (nSPS) is 31.2. The Kier molecular flexibility index (Phi) is 3.23. The third-order valence-corrected chi connectivity index (χ3v) is 5.86. The van der Waals surface area contributed by atoms with E-state index in [1.54, 1.807) is 0 Å². The summed E-state index contributed by atoms with van der Waals surface area (Å²) in [5, 5.41) is 0. The van der Waals surface area contributed by atoms with Gasteiger partial charge in [-0.05, 0) is 61.7 Å². The van der Waals surface area contributed by atoms with Crippen LogP contribution in [0.15, 0.2) is 0 Å². The molecule has 2 fully saturated rings. The highest BCUT2D eigenvalue weighted by molar-refractivity contribution is 9.09. The maximum atomic E-state index is 3.81. The maximum Gasteiger partial charge on any atom is 0.0174 e. The third-order valence-electron chi connectivity index (χ3n) is 4.89. The van der Waals surface area contributed by atoms with Gasteiger partial charge >= 0.3 is 0 Å². The van der Waals surface area contributed by atoms with E-state index in [9.17, 15) is 0 Å². The molecule has 0 aromatic carbocycles. The average molecular weight is 273 g/mol. The fraction of sp³-hybridized carbons (Fsp3) is 1.00. The van der Waals surface area contributed by atoms with E-state index < -0.39 is 0 Å². The van der Waals surface area contributed by atoms with Gasteiger partial charge in [0.05, 0.1) is 0 Å². The van der Waals surface area contributed by atoms with Crippen LogP contribution >= 0.6 is 15.9 Å². The molecule has 2 aliphatic carbocycles. The van der Waals surface area contributed by atoms with Gasteiger partial charge in [-0.15, -0.1) is 0 Å². The minimum absolute atomic E-state index is 0.632. The van der Waals surface area contributed by atoms with E-state index in [0.717, 1.165) is 10.7 Å². The Morgan fingerprint density at radius 3 is 2.07 bits per heavy atom. The number of hydrogen-bond donors (Lipinski definition) is 0. The Balaban J connectivity index is 1.82. The minimum atomic E-state index is 0.632. The SMILES string of the molecule is CC(Br)C1(CC2CCC(C)(C)CC2)CC1. The topological polar surface area (TPSA) is 0 Å². The van der Waals surface area contributed by atoms with Crippen LogP contribution < -0.4 is 0 Å². The zero-order valence-corrected chi connectivity index (χ0v) is 12.1. The molecule has 2 aliphatic rings. The first-order valence-corrected chi connectivity index (χ1v) is 7.49.